The molecule has 0 bridgehead atoms. The summed E-state index contributed by atoms with van der Waals surface area (Å²) in [5, 5.41) is 5.55. The highest BCUT2D eigenvalue weighted by Gasteiger charge is 2.20. The minimum Gasteiger partial charge on any atom is -0.486 e. The predicted molar refractivity (Wildman–Crippen MR) is 78.9 cm³/mol. The number of fused-ring (bicyclic) bond motifs is 1. The largest absolute Gasteiger partial charge is 0.486 e. The number of rotatable bonds is 7. The van der Waals surface area contributed by atoms with Crippen molar-refractivity contribution >= 4 is 6.03 Å². The lowest BCUT2D eigenvalue weighted by atomic mass is 10.2. The number of hydrogen-bond donors (Lipinski definition) is 2. The lowest BCUT2D eigenvalue weighted by Gasteiger charge is -2.26. The van der Waals surface area contributed by atoms with Crippen molar-refractivity contribution in [1.82, 2.24) is 10.6 Å². The molecule has 2 amide bonds. The normalized spacial score (nSPS) is 16.3. The molecule has 0 aliphatic carbocycles. The highest BCUT2D eigenvalue weighted by atomic mass is 16.6. The monoisotopic (exact) mass is 294 g/mol. The standard InChI is InChI=1S/C15H22N2O4/c1-2-19-9-5-8-16-15(18)17-10-12-11-20-13-6-3-4-7-14(13)21-12/h3-4,6-7,12H,2,5,8-11H2,1H3,(H2,16,17,18)/t12-/m0/s1. The fourth-order valence-corrected chi connectivity index (χ4v) is 1.95. The van der Waals surface area contributed by atoms with Gasteiger partial charge in [0.25, 0.3) is 0 Å². The minimum absolute atomic E-state index is 0.172. The van der Waals surface area contributed by atoms with Crippen molar-refractivity contribution in [3.63, 3.8) is 0 Å². The lowest BCUT2D eigenvalue weighted by molar-refractivity contribution is 0.0917. The van der Waals surface area contributed by atoms with Gasteiger partial charge in [0.05, 0.1) is 6.54 Å². The average Bonchev–Trinajstić information content (AvgIpc) is 2.52. The summed E-state index contributed by atoms with van der Waals surface area (Å²) in [4.78, 5) is 11.6. The fraction of sp³-hybridized carbons (Fsp3) is 0.533. The Balaban J connectivity index is 1.62. The van der Waals surface area contributed by atoms with Gasteiger partial charge < -0.3 is 24.8 Å². The third-order valence-corrected chi connectivity index (χ3v) is 3.01. The van der Waals surface area contributed by atoms with E-state index in [9.17, 15) is 4.79 Å². The highest BCUT2D eigenvalue weighted by Crippen LogP contribution is 2.30. The van der Waals surface area contributed by atoms with Crippen LogP contribution in [0.4, 0.5) is 4.79 Å². The predicted octanol–water partition coefficient (Wildman–Crippen LogP) is 1.55. The SMILES string of the molecule is CCOCCCNC(=O)NC[C@H]1COc2ccccc2O1. The Morgan fingerprint density at radius 1 is 1.33 bits per heavy atom. The quantitative estimate of drug-likeness (QED) is 0.749. The molecule has 2 N–H and O–H groups in total. The molecule has 1 heterocycles. The molecule has 1 aromatic rings. The van der Waals surface area contributed by atoms with Crippen LogP contribution < -0.4 is 20.1 Å². The first-order chi connectivity index (χ1) is 10.3. The second-order valence-corrected chi connectivity index (χ2v) is 4.68. The summed E-state index contributed by atoms with van der Waals surface area (Å²) in [6.45, 7) is 4.74. The van der Waals surface area contributed by atoms with Crippen molar-refractivity contribution in [2.45, 2.75) is 19.4 Å². The summed E-state index contributed by atoms with van der Waals surface area (Å²) in [5.41, 5.74) is 0. The molecule has 21 heavy (non-hydrogen) atoms. The van der Waals surface area contributed by atoms with Crippen LogP contribution in [-0.4, -0.2) is 45.0 Å². The maximum Gasteiger partial charge on any atom is 0.314 e. The summed E-state index contributed by atoms with van der Waals surface area (Å²) < 4.78 is 16.5. The first-order valence-electron chi connectivity index (χ1n) is 7.27. The molecule has 0 fully saturated rings. The van der Waals surface area contributed by atoms with E-state index in [0.29, 0.717) is 38.7 Å². The summed E-state index contributed by atoms with van der Waals surface area (Å²) in [7, 11) is 0. The second kappa shape index (κ2) is 8.36. The number of hydrogen-bond acceptors (Lipinski definition) is 4. The Morgan fingerprint density at radius 3 is 2.95 bits per heavy atom. The van der Waals surface area contributed by atoms with Crippen LogP contribution in [0, 0.1) is 0 Å². The Hall–Kier alpha value is -1.95. The molecule has 0 unspecified atom stereocenters. The number of urea groups is 1. The number of nitrogens with one attached hydrogen (secondary N) is 2. The zero-order valence-electron chi connectivity index (χ0n) is 12.3. The van der Waals surface area contributed by atoms with Gasteiger partial charge in [0.1, 0.15) is 6.61 Å². The van der Waals surface area contributed by atoms with E-state index in [1.54, 1.807) is 0 Å². The number of benzene rings is 1. The van der Waals surface area contributed by atoms with Gasteiger partial charge in [-0.1, -0.05) is 12.1 Å². The van der Waals surface area contributed by atoms with E-state index in [1.165, 1.54) is 0 Å². The van der Waals surface area contributed by atoms with Gasteiger partial charge in [-0.25, -0.2) is 4.79 Å². The van der Waals surface area contributed by atoms with Gasteiger partial charge in [0.15, 0.2) is 17.6 Å². The molecule has 1 aliphatic heterocycles. The number of carbonyl (C=O) groups excluding carboxylic acids is 1. The van der Waals surface area contributed by atoms with Gasteiger partial charge in [-0.15, -0.1) is 0 Å². The molecule has 0 saturated carbocycles. The Kier molecular flexibility index (Phi) is 6.15. The Bertz CT molecular complexity index is 453. The third kappa shape index (κ3) is 5.15. The van der Waals surface area contributed by atoms with E-state index in [-0.39, 0.29) is 12.1 Å². The molecule has 6 nitrogen and oxygen atoms in total. The Morgan fingerprint density at radius 2 is 2.14 bits per heavy atom. The van der Waals surface area contributed by atoms with Crippen LogP contribution >= 0.6 is 0 Å². The maximum absolute atomic E-state index is 11.6. The van der Waals surface area contributed by atoms with E-state index >= 15 is 0 Å². The molecule has 1 aliphatic rings. The average molecular weight is 294 g/mol. The van der Waals surface area contributed by atoms with Crippen LogP contribution in [0.5, 0.6) is 11.5 Å². The first kappa shape index (κ1) is 15.4. The highest BCUT2D eigenvalue weighted by molar-refractivity contribution is 5.73. The van der Waals surface area contributed by atoms with E-state index in [0.717, 1.165) is 12.2 Å². The molecule has 0 spiro atoms. The van der Waals surface area contributed by atoms with E-state index < -0.39 is 0 Å². The fourth-order valence-electron chi connectivity index (χ4n) is 1.95. The van der Waals surface area contributed by atoms with Crippen molar-refractivity contribution in [2.24, 2.45) is 0 Å². The summed E-state index contributed by atoms with van der Waals surface area (Å²) in [5.74, 6) is 1.46. The second-order valence-electron chi connectivity index (χ2n) is 4.68. The summed E-state index contributed by atoms with van der Waals surface area (Å²) >= 11 is 0. The van der Waals surface area contributed by atoms with Gasteiger partial charge in [-0.2, -0.15) is 0 Å². The summed E-state index contributed by atoms with van der Waals surface area (Å²) in [6, 6.07) is 7.31. The van der Waals surface area contributed by atoms with Crippen molar-refractivity contribution in [1.29, 1.82) is 0 Å². The minimum atomic E-state index is -0.200. The van der Waals surface area contributed by atoms with Crippen molar-refractivity contribution in [3.8, 4) is 11.5 Å². The molecule has 6 heteroatoms. The number of amides is 2. The van der Waals surface area contributed by atoms with Gasteiger partial charge in [0, 0.05) is 19.8 Å². The van der Waals surface area contributed by atoms with Crippen LogP contribution in [0.15, 0.2) is 24.3 Å². The van der Waals surface area contributed by atoms with E-state index in [1.807, 2.05) is 31.2 Å². The van der Waals surface area contributed by atoms with Gasteiger partial charge in [0.2, 0.25) is 0 Å². The van der Waals surface area contributed by atoms with Crippen LogP contribution in [0.25, 0.3) is 0 Å². The first-order valence-corrected chi connectivity index (χ1v) is 7.27. The molecule has 0 aromatic heterocycles. The molecular formula is C15H22N2O4. The van der Waals surface area contributed by atoms with Gasteiger partial charge in [-0.3, -0.25) is 0 Å². The Labute approximate surface area is 124 Å². The van der Waals surface area contributed by atoms with Crippen molar-refractivity contribution in [2.75, 3.05) is 32.9 Å². The van der Waals surface area contributed by atoms with Gasteiger partial charge >= 0.3 is 6.03 Å². The topological polar surface area (TPSA) is 68.8 Å². The van der Waals surface area contributed by atoms with Crippen LogP contribution in [-0.2, 0) is 4.74 Å². The molecule has 1 atom stereocenters. The zero-order valence-corrected chi connectivity index (χ0v) is 12.3. The molecule has 2 rings (SSSR count). The van der Waals surface area contributed by atoms with Crippen molar-refractivity contribution < 1.29 is 19.0 Å². The van der Waals surface area contributed by atoms with E-state index in [2.05, 4.69) is 10.6 Å². The number of para-hydroxylation sites is 2. The number of carbonyl (C=O) groups is 1. The van der Waals surface area contributed by atoms with Crippen LogP contribution in [0.2, 0.25) is 0 Å². The third-order valence-electron chi connectivity index (χ3n) is 3.01. The maximum atomic E-state index is 11.6. The van der Waals surface area contributed by atoms with Crippen LogP contribution in [0.3, 0.4) is 0 Å². The van der Waals surface area contributed by atoms with Gasteiger partial charge in [-0.05, 0) is 25.5 Å². The molecule has 0 saturated heterocycles. The smallest absolute Gasteiger partial charge is 0.314 e. The lowest BCUT2D eigenvalue weighted by Crippen LogP contribution is -2.44. The molecule has 0 radical (unpaired) electrons. The molecule has 1 aromatic carbocycles. The molecular weight excluding hydrogens is 272 g/mol. The van der Waals surface area contributed by atoms with E-state index in [4.69, 9.17) is 14.2 Å². The number of ether oxygens (including phenoxy) is 3. The van der Waals surface area contributed by atoms with Crippen molar-refractivity contribution in [3.05, 3.63) is 24.3 Å². The summed E-state index contributed by atoms with van der Waals surface area (Å²) in [6.07, 6.45) is 0.631. The van der Waals surface area contributed by atoms with Crippen LogP contribution in [0.1, 0.15) is 13.3 Å². The zero-order chi connectivity index (χ0) is 14.9. The molecule has 116 valence electrons.